The third-order valence-electron chi connectivity index (χ3n) is 4.56. The maximum atomic E-state index is 12.4. The molecule has 6 nitrogen and oxygen atoms in total. The van der Waals surface area contributed by atoms with Gasteiger partial charge in [0.25, 0.3) is 5.56 Å². The first-order valence-corrected chi connectivity index (χ1v) is 8.16. The summed E-state index contributed by atoms with van der Waals surface area (Å²) >= 11 is 0. The summed E-state index contributed by atoms with van der Waals surface area (Å²) in [6.07, 6.45) is 2.16. The lowest BCUT2D eigenvalue weighted by atomic mass is 9.96. The van der Waals surface area contributed by atoms with Crippen LogP contribution < -0.4 is 16.6 Å². The van der Waals surface area contributed by atoms with Crippen molar-refractivity contribution < 1.29 is 4.79 Å². The van der Waals surface area contributed by atoms with E-state index in [1.54, 1.807) is 6.07 Å². The summed E-state index contributed by atoms with van der Waals surface area (Å²) in [6.45, 7) is 2.23. The number of hydrogen-bond donors (Lipinski definition) is 2. The lowest BCUT2D eigenvalue weighted by molar-refractivity contribution is -0.123. The van der Waals surface area contributed by atoms with Crippen molar-refractivity contribution in [2.24, 2.45) is 11.7 Å². The zero-order chi connectivity index (χ0) is 17.2. The van der Waals surface area contributed by atoms with Crippen LogP contribution in [0.3, 0.4) is 0 Å². The Balaban J connectivity index is 1.77. The fourth-order valence-electron chi connectivity index (χ4n) is 2.86. The number of hydrogen-bond acceptors (Lipinski definition) is 4. The van der Waals surface area contributed by atoms with Crippen molar-refractivity contribution in [2.45, 2.75) is 31.8 Å². The van der Waals surface area contributed by atoms with E-state index in [1.807, 2.05) is 37.3 Å². The van der Waals surface area contributed by atoms with Gasteiger partial charge in [0.05, 0.1) is 11.2 Å². The SMILES string of the molecule is CC(CN)(NC(=O)Cn1nc(-c2ccccc2)ccc1=O)C1CC1. The van der Waals surface area contributed by atoms with E-state index in [0.29, 0.717) is 18.2 Å². The van der Waals surface area contributed by atoms with Crippen LogP contribution >= 0.6 is 0 Å². The van der Waals surface area contributed by atoms with Crippen molar-refractivity contribution in [3.63, 3.8) is 0 Å². The summed E-state index contributed by atoms with van der Waals surface area (Å²) in [4.78, 5) is 24.4. The topological polar surface area (TPSA) is 90.0 Å². The Kier molecular flexibility index (Phi) is 4.49. The Hall–Kier alpha value is -2.47. The summed E-state index contributed by atoms with van der Waals surface area (Å²) in [6, 6.07) is 12.7. The van der Waals surface area contributed by atoms with Crippen LogP contribution in [0.25, 0.3) is 11.3 Å². The molecule has 0 aliphatic heterocycles. The minimum absolute atomic E-state index is 0.109. The van der Waals surface area contributed by atoms with E-state index in [1.165, 1.54) is 10.7 Å². The minimum atomic E-state index is -0.405. The van der Waals surface area contributed by atoms with Crippen LogP contribution in [0.1, 0.15) is 19.8 Å². The summed E-state index contributed by atoms with van der Waals surface area (Å²) in [5, 5.41) is 7.29. The monoisotopic (exact) mass is 326 g/mol. The van der Waals surface area contributed by atoms with E-state index in [4.69, 9.17) is 5.73 Å². The van der Waals surface area contributed by atoms with Crippen LogP contribution in [0.5, 0.6) is 0 Å². The standard InChI is InChI=1S/C18H22N4O2/c1-18(12-19,14-7-8-14)20-16(23)11-22-17(24)10-9-15(21-22)13-5-3-2-4-6-13/h2-6,9-10,14H,7-8,11-12,19H2,1H3,(H,20,23). The predicted octanol–water partition coefficient (Wildman–Crippen LogP) is 1.15. The van der Waals surface area contributed by atoms with Gasteiger partial charge in [-0.05, 0) is 31.7 Å². The molecule has 1 atom stereocenters. The van der Waals surface area contributed by atoms with E-state index in [-0.39, 0.29) is 18.0 Å². The smallest absolute Gasteiger partial charge is 0.267 e. The quantitative estimate of drug-likeness (QED) is 0.833. The molecular weight excluding hydrogens is 304 g/mol. The van der Waals surface area contributed by atoms with E-state index >= 15 is 0 Å². The molecule has 1 aromatic carbocycles. The largest absolute Gasteiger partial charge is 0.348 e. The number of benzene rings is 1. The van der Waals surface area contributed by atoms with Gasteiger partial charge in [-0.2, -0.15) is 5.10 Å². The Labute approximate surface area is 140 Å². The number of nitrogens with one attached hydrogen (secondary N) is 1. The highest BCUT2D eigenvalue weighted by molar-refractivity contribution is 5.76. The van der Waals surface area contributed by atoms with Crippen molar-refractivity contribution in [1.82, 2.24) is 15.1 Å². The number of aromatic nitrogens is 2. The first kappa shape index (κ1) is 16.4. The van der Waals surface area contributed by atoms with E-state index in [9.17, 15) is 9.59 Å². The molecular formula is C18H22N4O2. The highest BCUT2D eigenvalue weighted by atomic mass is 16.2. The Bertz CT molecular complexity index is 783. The van der Waals surface area contributed by atoms with Crippen molar-refractivity contribution in [1.29, 1.82) is 0 Å². The van der Waals surface area contributed by atoms with E-state index in [0.717, 1.165) is 18.4 Å². The molecule has 1 fully saturated rings. The molecule has 3 N–H and O–H groups in total. The van der Waals surface area contributed by atoms with Gasteiger partial charge in [0.1, 0.15) is 6.54 Å². The average Bonchev–Trinajstić information content (AvgIpc) is 3.43. The van der Waals surface area contributed by atoms with Gasteiger partial charge in [0, 0.05) is 18.2 Å². The van der Waals surface area contributed by atoms with E-state index < -0.39 is 5.54 Å². The first-order chi connectivity index (χ1) is 11.5. The number of carbonyl (C=O) groups is 1. The molecule has 126 valence electrons. The molecule has 0 radical (unpaired) electrons. The lowest BCUT2D eigenvalue weighted by Crippen LogP contribution is -2.54. The fourth-order valence-corrected chi connectivity index (χ4v) is 2.86. The Morgan fingerprint density at radius 1 is 1.29 bits per heavy atom. The van der Waals surface area contributed by atoms with Gasteiger partial charge in [0.2, 0.25) is 5.91 Å². The van der Waals surface area contributed by atoms with Gasteiger partial charge in [0.15, 0.2) is 0 Å². The van der Waals surface area contributed by atoms with Gasteiger partial charge in [-0.25, -0.2) is 4.68 Å². The minimum Gasteiger partial charge on any atom is -0.348 e. The highest BCUT2D eigenvalue weighted by Gasteiger charge is 2.41. The molecule has 1 unspecified atom stereocenters. The summed E-state index contributed by atoms with van der Waals surface area (Å²) in [5.74, 6) is 0.182. The second-order valence-electron chi connectivity index (χ2n) is 6.52. The normalized spacial score (nSPS) is 16.4. The van der Waals surface area contributed by atoms with Gasteiger partial charge >= 0.3 is 0 Å². The van der Waals surface area contributed by atoms with Crippen LogP contribution in [0.4, 0.5) is 0 Å². The molecule has 0 saturated heterocycles. The number of amides is 1. The third kappa shape index (κ3) is 3.54. The second-order valence-corrected chi connectivity index (χ2v) is 6.52. The summed E-state index contributed by atoms with van der Waals surface area (Å²) in [5.41, 5.74) is 6.67. The van der Waals surface area contributed by atoms with Crippen LogP contribution in [0.2, 0.25) is 0 Å². The molecule has 1 aliphatic carbocycles. The average molecular weight is 326 g/mol. The van der Waals surface area contributed by atoms with Crippen LogP contribution in [0.15, 0.2) is 47.3 Å². The molecule has 1 aliphatic rings. The molecule has 1 aromatic heterocycles. The highest BCUT2D eigenvalue weighted by Crippen LogP contribution is 2.38. The maximum absolute atomic E-state index is 12.4. The van der Waals surface area contributed by atoms with E-state index in [2.05, 4.69) is 10.4 Å². The molecule has 3 rings (SSSR count). The predicted molar refractivity (Wildman–Crippen MR) is 92.3 cm³/mol. The van der Waals surface area contributed by atoms with Gasteiger partial charge in [-0.3, -0.25) is 9.59 Å². The van der Waals surface area contributed by atoms with Crippen LogP contribution in [-0.2, 0) is 11.3 Å². The number of carbonyl (C=O) groups excluding carboxylic acids is 1. The maximum Gasteiger partial charge on any atom is 0.267 e. The molecule has 1 heterocycles. The molecule has 2 aromatic rings. The fraction of sp³-hybridized carbons (Fsp3) is 0.389. The molecule has 24 heavy (non-hydrogen) atoms. The Morgan fingerprint density at radius 2 is 2.00 bits per heavy atom. The second kappa shape index (κ2) is 6.57. The van der Waals surface area contributed by atoms with Crippen LogP contribution in [0, 0.1) is 5.92 Å². The molecule has 1 amide bonds. The van der Waals surface area contributed by atoms with Gasteiger partial charge < -0.3 is 11.1 Å². The zero-order valence-electron chi connectivity index (χ0n) is 13.7. The number of rotatable bonds is 6. The van der Waals surface area contributed by atoms with Crippen molar-refractivity contribution in [3.05, 3.63) is 52.8 Å². The van der Waals surface area contributed by atoms with Gasteiger partial charge in [-0.15, -0.1) is 0 Å². The van der Waals surface area contributed by atoms with Crippen molar-refractivity contribution >= 4 is 5.91 Å². The Morgan fingerprint density at radius 3 is 2.62 bits per heavy atom. The number of nitrogens with two attached hydrogens (primary N) is 1. The lowest BCUT2D eigenvalue weighted by Gasteiger charge is -2.29. The molecule has 0 bridgehead atoms. The summed E-state index contributed by atoms with van der Waals surface area (Å²) in [7, 11) is 0. The van der Waals surface area contributed by atoms with Crippen LogP contribution in [-0.4, -0.2) is 27.8 Å². The molecule has 0 spiro atoms. The summed E-state index contributed by atoms with van der Waals surface area (Å²) < 4.78 is 1.20. The molecule has 1 saturated carbocycles. The van der Waals surface area contributed by atoms with Crippen molar-refractivity contribution in [3.8, 4) is 11.3 Å². The first-order valence-electron chi connectivity index (χ1n) is 8.16. The van der Waals surface area contributed by atoms with Crippen molar-refractivity contribution in [2.75, 3.05) is 6.54 Å². The number of nitrogens with zero attached hydrogens (tertiary/aromatic N) is 2. The zero-order valence-corrected chi connectivity index (χ0v) is 13.7. The third-order valence-corrected chi connectivity index (χ3v) is 4.56. The van der Waals surface area contributed by atoms with Gasteiger partial charge in [-0.1, -0.05) is 30.3 Å². The molecule has 6 heteroatoms.